The molecular weight excluding hydrogens is 228 g/mol. The number of alkyl halides is 3. The van der Waals surface area contributed by atoms with Crippen molar-refractivity contribution >= 4 is 0 Å². The number of hydrogen-bond donors (Lipinski definition) is 1. The average molecular weight is 240 g/mol. The van der Waals surface area contributed by atoms with Gasteiger partial charge in [0.25, 0.3) is 0 Å². The Hall–Kier alpha value is -1.46. The molecule has 1 rings (SSSR count). The molecule has 1 N–H and O–H groups in total. The van der Waals surface area contributed by atoms with Crippen LogP contribution in [0.15, 0.2) is 12.1 Å². The molecule has 0 bridgehead atoms. The van der Waals surface area contributed by atoms with E-state index in [-0.39, 0.29) is 5.56 Å². The van der Waals surface area contributed by atoms with Crippen LogP contribution in [0.4, 0.5) is 17.6 Å². The van der Waals surface area contributed by atoms with Gasteiger partial charge in [0.05, 0.1) is 0 Å². The summed E-state index contributed by atoms with van der Waals surface area (Å²) in [5.74, 6) is -2.52. The summed E-state index contributed by atoms with van der Waals surface area (Å²) >= 11 is 0. The van der Waals surface area contributed by atoms with Gasteiger partial charge in [-0.2, -0.15) is 0 Å². The lowest BCUT2D eigenvalue weighted by Crippen LogP contribution is -2.17. The Morgan fingerprint density at radius 2 is 1.69 bits per heavy atom. The molecule has 92 valence electrons. The van der Waals surface area contributed by atoms with Crippen molar-refractivity contribution in [3.63, 3.8) is 0 Å². The first-order chi connectivity index (χ1) is 7.29. The minimum atomic E-state index is -4.87. The van der Waals surface area contributed by atoms with Crippen molar-refractivity contribution in [1.82, 2.24) is 0 Å². The van der Waals surface area contributed by atoms with E-state index in [0.717, 1.165) is 6.07 Å². The minimum absolute atomic E-state index is 0.0238. The Bertz CT molecular complexity index is 324. The summed E-state index contributed by atoms with van der Waals surface area (Å²) in [4.78, 5) is 0. The van der Waals surface area contributed by atoms with E-state index in [1.807, 2.05) is 13.8 Å². The second-order valence-electron chi connectivity index (χ2n) is 2.62. The molecule has 0 radical (unpaired) electrons. The van der Waals surface area contributed by atoms with Crippen LogP contribution in [0.2, 0.25) is 0 Å². The van der Waals surface area contributed by atoms with Gasteiger partial charge >= 0.3 is 6.36 Å². The fourth-order valence-electron chi connectivity index (χ4n) is 0.898. The normalized spacial score (nSPS) is 10.4. The molecule has 2 nitrogen and oxygen atoms in total. The highest BCUT2D eigenvalue weighted by atomic mass is 19.4. The molecule has 0 saturated carbocycles. The summed E-state index contributed by atoms with van der Waals surface area (Å²) in [6, 6.07) is 1.36. The highest BCUT2D eigenvalue weighted by Gasteiger charge is 2.31. The molecule has 0 unspecified atom stereocenters. The highest BCUT2D eigenvalue weighted by molar-refractivity contribution is 5.39. The number of phenols is 1. The van der Waals surface area contributed by atoms with Gasteiger partial charge in [0.1, 0.15) is 5.75 Å². The van der Waals surface area contributed by atoms with Crippen molar-refractivity contribution in [2.75, 3.05) is 0 Å². The maximum atomic E-state index is 12.7. The van der Waals surface area contributed by atoms with Crippen molar-refractivity contribution in [3.8, 4) is 11.5 Å². The van der Waals surface area contributed by atoms with Crippen LogP contribution in [-0.4, -0.2) is 11.5 Å². The van der Waals surface area contributed by atoms with Crippen LogP contribution < -0.4 is 4.74 Å². The first kappa shape index (κ1) is 14.5. The zero-order valence-electron chi connectivity index (χ0n) is 9.02. The van der Waals surface area contributed by atoms with Gasteiger partial charge in [0.2, 0.25) is 0 Å². The summed E-state index contributed by atoms with van der Waals surface area (Å²) in [5.41, 5.74) is -0.0238. The predicted octanol–water partition coefficient (Wildman–Crippen LogP) is 3.76. The lowest BCUT2D eigenvalue weighted by molar-refractivity contribution is -0.274. The van der Waals surface area contributed by atoms with E-state index < -0.39 is 23.7 Å². The molecule has 0 saturated heterocycles. The molecule has 0 heterocycles. The second kappa shape index (κ2) is 5.58. The van der Waals surface area contributed by atoms with Gasteiger partial charge in [-0.3, -0.25) is 0 Å². The number of phenolic OH excluding ortho intramolecular Hbond substituents is 1. The summed E-state index contributed by atoms with van der Waals surface area (Å²) in [5, 5.41) is 8.92. The van der Waals surface area contributed by atoms with Crippen LogP contribution in [0.3, 0.4) is 0 Å². The maximum Gasteiger partial charge on any atom is 0.573 e. The van der Waals surface area contributed by atoms with E-state index in [2.05, 4.69) is 4.74 Å². The number of aromatic hydroxyl groups is 1. The quantitative estimate of drug-likeness (QED) is 0.757. The highest BCUT2D eigenvalue weighted by Crippen LogP contribution is 2.29. The SMILES string of the molecule is CC.Cc1cc(OC(F)(F)F)cc(F)c1O. The number of aryl methyl sites for hydroxylation is 1. The van der Waals surface area contributed by atoms with Crippen LogP contribution >= 0.6 is 0 Å². The van der Waals surface area contributed by atoms with Crippen molar-refractivity contribution in [2.24, 2.45) is 0 Å². The molecular formula is C10H12F4O2. The Labute approximate surface area is 90.5 Å². The van der Waals surface area contributed by atoms with Crippen LogP contribution in [0.1, 0.15) is 19.4 Å². The molecule has 0 aliphatic carbocycles. The molecule has 0 aliphatic rings. The van der Waals surface area contributed by atoms with Gasteiger partial charge in [-0.25, -0.2) is 4.39 Å². The minimum Gasteiger partial charge on any atom is -0.505 e. The van der Waals surface area contributed by atoms with Crippen molar-refractivity contribution in [1.29, 1.82) is 0 Å². The number of hydrogen-bond acceptors (Lipinski definition) is 2. The van der Waals surface area contributed by atoms with Gasteiger partial charge in [-0.05, 0) is 18.6 Å². The van der Waals surface area contributed by atoms with Crippen LogP contribution in [0.5, 0.6) is 11.5 Å². The van der Waals surface area contributed by atoms with Crippen molar-refractivity contribution < 1.29 is 27.4 Å². The Balaban J connectivity index is 0.00000106. The Kier molecular flexibility index (Phi) is 5.07. The first-order valence-corrected chi connectivity index (χ1v) is 4.54. The third-order valence-electron chi connectivity index (χ3n) is 1.46. The molecule has 1 aromatic rings. The van der Waals surface area contributed by atoms with E-state index in [1.54, 1.807) is 0 Å². The van der Waals surface area contributed by atoms with E-state index in [1.165, 1.54) is 6.92 Å². The van der Waals surface area contributed by atoms with Crippen LogP contribution in [-0.2, 0) is 0 Å². The Morgan fingerprint density at radius 1 is 1.19 bits per heavy atom. The number of halogens is 4. The first-order valence-electron chi connectivity index (χ1n) is 4.54. The number of rotatable bonds is 1. The lowest BCUT2D eigenvalue weighted by Gasteiger charge is -2.10. The average Bonchev–Trinajstić information content (AvgIpc) is 2.14. The van der Waals surface area contributed by atoms with Gasteiger partial charge < -0.3 is 9.84 Å². The fourth-order valence-corrected chi connectivity index (χ4v) is 0.898. The van der Waals surface area contributed by atoms with E-state index in [4.69, 9.17) is 5.11 Å². The molecule has 0 aliphatic heterocycles. The van der Waals surface area contributed by atoms with Crippen molar-refractivity contribution in [3.05, 3.63) is 23.5 Å². The molecule has 0 fully saturated rings. The maximum absolute atomic E-state index is 12.7. The third-order valence-corrected chi connectivity index (χ3v) is 1.46. The molecule has 16 heavy (non-hydrogen) atoms. The van der Waals surface area contributed by atoms with Gasteiger partial charge in [0, 0.05) is 6.07 Å². The lowest BCUT2D eigenvalue weighted by atomic mass is 10.2. The summed E-state index contributed by atoms with van der Waals surface area (Å²) in [6.45, 7) is 5.27. The van der Waals surface area contributed by atoms with Gasteiger partial charge in [0.15, 0.2) is 11.6 Å². The number of benzene rings is 1. The summed E-state index contributed by atoms with van der Waals surface area (Å²) < 4.78 is 51.3. The summed E-state index contributed by atoms with van der Waals surface area (Å²) in [7, 11) is 0. The van der Waals surface area contributed by atoms with E-state index in [9.17, 15) is 17.6 Å². The fraction of sp³-hybridized carbons (Fsp3) is 0.400. The zero-order chi connectivity index (χ0) is 12.9. The zero-order valence-corrected chi connectivity index (χ0v) is 9.02. The second-order valence-corrected chi connectivity index (χ2v) is 2.62. The summed E-state index contributed by atoms with van der Waals surface area (Å²) in [6.07, 6.45) is -4.87. The van der Waals surface area contributed by atoms with Crippen LogP contribution in [0, 0.1) is 12.7 Å². The van der Waals surface area contributed by atoms with Crippen LogP contribution in [0.25, 0.3) is 0 Å². The van der Waals surface area contributed by atoms with Gasteiger partial charge in [-0.1, -0.05) is 13.8 Å². The third kappa shape index (κ3) is 4.37. The predicted molar refractivity (Wildman–Crippen MR) is 50.8 cm³/mol. The molecule has 0 atom stereocenters. The molecule has 6 heteroatoms. The Morgan fingerprint density at radius 3 is 2.06 bits per heavy atom. The van der Waals surface area contributed by atoms with Crippen molar-refractivity contribution in [2.45, 2.75) is 27.1 Å². The van der Waals surface area contributed by atoms with Gasteiger partial charge in [-0.15, -0.1) is 13.2 Å². The largest absolute Gasteiger partial charge is 0.573 e. The molecule has 0 spiro atoms. The standard InChI is InChI=1S/C8H6F4O2.C2H6/c1-4-2-5(14-8(10,11)12)3-6(9)7(4)13;1-2/h2-3,13H,1H3;1-2H3. The smallest absolute Gasteiger partial charge is 0.505 e. The molecule has 0 amide bonds. The monoisotopic (exact) mass is 240 g/mol. The topological polar surface area (TPSA) is 29.5 Å². The van der Waals surface area contributed by atoms with E-state index >= 15 is 0 Å². The molecule has 0 aromatic heterocycles. The van der Waals surface area contributed by atoms with E-state index in [0.29, 0.717) is 6.07 Å². The molecule has 1 aromatic carbocycles. The number of ether oxygens (including phenoxy) is 1.